The molecular weight excluding hydrogens is 352 g/mol. The van der Waals surface area contributed by atoms with Crippen molar-refractivity contribution in [2.24, 2.45) is 0 Å². The number of hydrogen-bond acceptors (Lipinski definition) is 4. The van der Waals surface area contributed by atoms with Gasteiger partial charge in [0.1, 0.15) is 13.2 Å². The van der Waals surface area contributed by atoms with E-state index < -0.39 is 0 Å². The number of hydrogen-bond donors (Lipinski definition) is 0. The van der Waals surface area contributed by atoms with Crippen molar-refractivity contribution in [1.82, 2.24) is 9.80 Å². The normalized spacial score (nSPS) is 17.0. The zero-order valence-electron chi connectivity index (χ0n) is 16.7. The number of benzene rings is 2. The second kappa shape index (κ2) is 8.23. The molecule has 5 nitrogen and oxygen atoms in total. The van der Waals surface area contributed by atoms with Crippen LogP contribution in [0.25, 0.3) is 0 Å². The predicted octanol–water partition coefficient (Wildman–Crippen LogP) is 3.54. The topological polar surface area (TPSA) is 42.0 Å². The number of carbonyl (C=O) groups is 1. The monoisotopic (exact) mass is 380 g/mol. The smallest absolute Gasteiger partial charge is 0.254 e. The third-order valence-corrected chi connectivity index (χ3v) is 5.50. The predicted molar refractivity (Wildman–Crippen MR) is 109 cm³/mol. The summed E-state index contributed by atoms with van der Waals surface area (Å²) < 4.78 is 11.1. The fourth-order valence-electron chi connectivity index (χ4n) is 3.73. The van der Waals surface area contributed by atoms with Gasteiger partial charge in [0.05, 0.1) is 0 Å². The average molecular weight is 380 g/mol. The first-order chi connectivity index (χ1) is 13.6. The van der Waals surface area contributed by atoms with Gasteiger partial charge in [-0.3, -0.25) is 9.69 Å². The van der Waals surface area contributed by atoms with Crippen LogP contribution < -0.4 is 9.47 Å². The van der Waals surface area contributed by atoms with E-state index in [9.17, 15) is 4.79 Å². The molecule has 0 bridgehead atoms. The fourth-order valence-corrected chi connectivity index (χ4v) is 3.73. The van der Waals surface area contributed by atoms with Gasteiger partial charge in [-0.2, -0.15) is 0 Å². The maximum absolute atomic E-state index is 12.9. The lowest BCUT2D eigenvalue weighted by atomic mass is 10.0. The molecule has 0 aliphatic carbocycles. The summed E-state index contributed by atoms with van der Waals surface area (Å²) in [5.41, 5.74) is 3.37. The molecule has 28 heavy (non-hydrogen) atoms. The van der Waals surface area contributed by atoms with Crippen LogP contribution in [0, 0.1) is 0 Å². The van der Waals surface area contributed by atoms with Crippen LogP contribution in [0.1, 0.15) is 41.3 Å². The summed E-state index contributed by atoms with van der Waals surface area (Å²) in [6, 6.07) is 14.4. The van der Waals surface area contributed by atoms with Crippen molar-refractivity contribution >= 4 is 5.91 Å². The molecule has 2 aliphatic rings. The van der Waals surface area contributed by atoms with Gasteiger partial charge in [0, 0.05) is 38.3 Å². The number of piperazine rings is 1. The van der Waals surface area contributed by atoms with Gasteiger partial charge in [-0.1, -0.05) is 38.1 Å². The zero-order valence-corrected chi connectivity index (χ0v) is 16.7. The van der Waals surface area contributed by atoms with Crippen LogP contribution in [-0.4, -0.2) is 55.1 Å². The summed E-state index contributed by atoms with van der Waals surface area (Å²) in [5.74, 6) is 2.01. The van der Waals surface area contributed by atoms with E-state index in [1.807, 2.05) is 17.0 Å². The van der Waals surface area contributed by atoms with Gasteiger partial charge < -0.3 is 14.4 Å². The number of fused-ring (bicyclic) bond motifs is 1. The summed E-state index contributed by atoms with van der Waals surface area (Å²) in [6.45, 7) is 9.73. The van der Waals surface area contributed by atoms with Gasteiger partial charge in [-0.15, -0.1) is 0 Å². The third kappa shape index (κ3) is 4.14. The van der Waals surface area contributed by atoms with Crippen LogP contribution in [0.15, 0.2) is 42.5 Å². The largest absolute Gasteiger partial charge is 0.486 e. The SMILES string of the molecule is CC(C)c1ccc(CN2CCN(C(=O)c3ccc4c(c3)OCCO4)CC2)cc1. The molecule has 5 heteroatoms. The van der Waals surface area contributed by atoms with E-state index in [4.69, 9.17) is 9.47 Å². The third-order valence-electron chi connectivity index (χ3n) is 5.50. The summed E-state index contributed by atoms with van der Waals surface area (Å²) in [7, 11) is 0. The molecule has 0 radical (unpaired) electrons. The van der Waals surface area contributed by atoms with Gasteiger partial charge in [-0.25, -0.2) is 0 Å². The molecule has 0 aromatic heterocycles. The molecule has 0 N–H and O–H groups in total. The molecule has 0 atom stereocenters. The Morgan fingerprint density at radius 2 is 1.61 bits per heavy atom. The number of nitrogens with zero attached hydrogens (tertiary/aromatic N) is 2. The summed E-state index contributed by atoms with van der Waals surface area (Å²) >= 11 is 0. The first kappa shape index (κ1) is 18.8. The molecule has 0 unspecified atom stereocenters. The Morgan fingerprint density at radius 1 is 0.929 bits per heavy atom. The number of carbonyl (C=O) groups excluding carboxylic acids is 1. The van der Waals surface area contributed by atoms with E-state index in [2.05, 4.69) is 43.0 Å². The van der Waals surface area contributed by atoms with Crippen molar-refractivity contribution < 1.29 is 14.3 Å². The maximum atomic E-state index is 12.9. The van der Waals surface area contributed by atoms with Gasteiger partial charge in [0.2, 0.25) is 0 Å². The van der Waals surface area contributed by atoms with Crippen molar-refractivity contribution in [1.29, 1.82) is 0 Å². The van der Waals surface area contributed by atoms with Crippen molar-refractivity contribution in [2.45, 2.75) is 26.3 Å². The van der Waals surface area contributed by atoms with Gasteiger partial charge in [0.15, 0.2) is 11.5 Å². The van der Waals surface area contributed by atoms with E-state index >= 15 is 0 Å². The lowest BCUT2D eigenvalue weighted by molar-refractivity contribution is 0.0627. The molecule has 148 valence electrons. The van der Waals surface area contributed by atoms with Crippen LogP contribution in [0.5, 0.6) is 11.5 Å². The molecule has 2 aromatic rings. The van der Waals surface area contributed by atoms with Crippen molar-refractivity contribution in [2.75, 3.05) is 39.4 Å². The highest BCUT2D eigenvalue weighted by atomic mass is 16.6. The Morgan fingerprint density at radius 3 is 2.29 bits per heavy atom. The Kier molecular flexibility index (Phi) is 5.53. The van der Waals surface area contributed by atoms with Gasteiger partial charge in [-0.05, 0) is 35.2 Å². The Labute approximate surface area is 166 Å². The maximum Gasteiger partial charge on any atom is 0.254 e. The van der Waals surface area contributed by atoms with Crippen LogP contribution in [0.4, 0.5) is 0 Å². The van der Waals surface area contributed by atoms with Gasteiger partial charge >= 0.3 is 0 Å². The molecule has 0 spiro atoms. The first-order valence-electron chi connectivity index (χ1n) is 10.1. The Hall–Kier alpha value is -2.53. The van der Waals surface area contributed by atoms with E-state index in [0.717, 1.165) is 38.5 Å². The minimum Gasteiger partial charge on any atom is -0.486 e. The quantitative estimate of drug-likeness (QED) is 0.814. The second-order valence-electron chi connectivity index (χ2n) is 7.82. The number of rotatable bonds is 4. The summed E-state index contributed by atoms with van der Waals surface area (Å²) in [6.07, 6.45) is 0. The van der Waals surface area contributed by atoms with E-state index in [1.165, 1.54) is 11.1 Å². The lowest BCUT2D eigenvalue weighted by Crippen LogP contribution is -2.48. The first-order valence-corrected chi connectivity index (χ1v) is 10.1. The average Bonchev–Trinajstić information content (AvgIpc) is 2.74. The lowest BCUT2D eigenvalue weighted by Gasteiger charge is -2.35. The van der Waals surface area contributed by atoms with Crippen molar-refractivity contribution in [3.05, 3.63) is 59.2 Å². The van der Waals surface area contributed by atoms with Gasteiger partial charge in [0.25, 0.3) is 5.91 Å². The number of amides is 1. The minimum absolute atomic E-state index is 0.0675. The Bertz CT molecular complexity index is 824. The molecule has 0 saturated carbocycles. The highest BCUT2D eigenvalue weighted by Crippen LogP contribution is 2.31. The molecule has 2 heterocycles. The van der Waals surface area contributed by atoms with Crippen molar-refractivity contribution in [3.63, 3.8) is 0 Å². The molecule has 4 rings (SSSR count). The van der Waals surface area contributed by atoms with Crippen LogP contribution in [0.2, 0.25) is 0 Å². The highest BCUT2D eigenvalue weighted by Gasteiger charge is 2.23. The van der Waals surface area contributed by atoms with E-state index in [1.54, 1.807) is 6.07 Å². The minimum atomic E-state index is 0.0675. The molecule has 2 aliphatic heterocycles. The number of ether oxygens (including phenoxy) is 2. The Balaban J connectivity index is 1.33. The fraction of sp³-hybridized carbons (Fsp3) is 0.435. The van der Waals surface area contributed by atoms with Crippen LogP contribution >= 0.6 is 0 Å². The molecule has 2 aromatic carbocycles. The highest BCUT2D eigenvalue weighted by molar-refractivity contribution is 5.95. The second-order valence-corrected chi connectivity index (χ2v) is 7.82. The standard InChI is InChI=1S/C23H28N2O3/c1-17(2)19-5-3-18(4-6-19)16-24-9-11-25(12-10-24)23(26)20-7-8-21-22(15-20)28-14-13-27-21/h3-8,15,17H,9-14,16H2,1-2H3. The van der Waals surface area contributed by atoms with Crippen LogP contribution in [0.3, 0.4) is 0 Å². The van der Waals surface area contributed by atoms with Crippen LogP contribution in [-0.2, 0) is 6.54 Å². The van der Waals surface area contributed by atoms with Crippen molar-refractivity contribution in [3.8, 4) is 11.5 Å². The molecule has 1 fully saturated rings. The summed E-state index contributed by atoms with van der Waals surface area (Å²) in [5, 5.41) is 0. The summed E-state index contributed by atoms with van der Waals surface area (Å²) in [4.78, 5) is 17.2. The van der Waals surface area contributed by atoms with E-state index in [-0.39, 0.29) is 5.91 Å². The molecular formula is C23H28N2O3. The molecule has 1 amide bonds. The van der Waals surface area contributed by atoms with E-state index in [0.29, 0.717) is 30.4 Å². The molecule has 1 saturated heterocycles. The zero-order chi connectivity index (χ0) is 19.5.